The maximum absolute atomic E-state index is 11.9. The van der Waals surface area contributed by atoms with Gasteiger partial charge in [0.1, 0.15) is 5.78 Å². The summed E-state index contributed by atoms with van der Waals surface area (Å²) in [6.45, 7) is 4.97. The van der Waals surface area contributed by atoms with Crippen molar-refractivity contribution in [3.8, 4) is 0 Å². The monoisotopic (exact) mass is 434 g/mol. The minimum atomic E-state index is 0. The Morgan fingerprint density at radius 3 is 2.11 bits per heavy atom. The van der Waals surface area contributed by atoms with Crippen LogP contribution in [0.4, 0.5) is 0 Å². The van der Waals surface area contributed by atoms with Crippen LogP contribution in [0, 0.1) is 17.8 Å². The SMILES string of the molecule is COCCCC(=O)NC1CCC(C(=O)C(C)C)CC1.OCC1CCCCC1.[V]. The molecule has 163 valence electrons. The van der Waals surface area contributed by atoms with Crippen molar-refractivity contribution in [2.45, 2.75) is 90.5 Å². The quantitative estimate of drug-likeness (QED) is 0.569. The molecule has 2 aliphatic rings. The first kappa shape index (κ1) is 27.6. The van der Waals surface area contributed by atoms with Gasteiger partial charge in [-0.3, -0.25) is 9.59 Å². The number of carbonyl (C=O) groups excluding carboxylic acids is 2. The smallest absolute Gasteiger partial charge is 0.220 e. The van der Waals surface area contributed by atoms with Crippen LogP contribution in [0.3, 0.4) is 0 Å². The van der Waals surface area contributed by atoms with Crippen LogP contribution in [0.25, 0.3) is 0 Å². The maximum atomic E-state index is 11.9. The van der Waals surface area contributed by atoms with E-state index in [-0.39, 0.29) is 42.3 Å². The van der Waals surface area contributed by atoms with Gasteiger partial charge in [-0.2, -0.15) is 0 Å². The van der Waals surface area contributed by atoms with Crippen LogP contribution in [0.2, 0.25) is 0 Å². The van der Waals surface area contributed by atoms with E-state index >= 15 is 0 Å². The Bertz CT molecular complexity index is 417. The van der Waals surface area contributed by atoms with Crippen molar-refractivity contribution in [3.63, 3.8) is 0 Å². The average Bonchev–Trinajstić information content (AvgIpc) is 2.69. The summed E-state index contributed by atoms with van der Waals surface area (Å²) in [5.74, 6) is 1.47. The maximum Gasteiger partial charge on any atom is 0.220 e. The summed E-state index contributed by atoms with van der Waals surface area (Å²) in [5, 5.41) is 11.8. The second-order valence-corrected chi connectivity index (χ2v) is 8.46. The van der Waals surface area contributed by atoms with Gasteiger partial charge >= 0.3 is 0 Å². The molecule has 0 saturated heterocycles. The van der Waals surface area contributed by atoms with Crippen molar-refractivity contribution in [2.24, 2.45) is 17.8 Å². The Morgan fingerprint density at radius 1 is 1.04 bits per heavy atom. The fraction of sp³-hybridized carbons (Fsp3) is 0.909. The van der Waals surface area contributed by atoms with Crippen LogP contribution in [-0.4, -0.2) is 43.2 Å². The largest absolute Gasteiger partial charge is 0.396 e. The topological polar surface area (TPSA) is 75.6 Å². The minimum Gasteiger partial charge on any atom is -0.396 e. The Labute approximate surface area is 183 Å². The Hall–Kier alpha value is -0.356. The molecule has 28 heavy (non-hydrogen) atoms. The number of carbonyl (C=O) groups is 2. The van der Waals surface area contributed by atoms with E-state index in [0.29, 0.717) is 31.3 Å². The van der Waals surface area contributed by atoms with Gasteiger partial charge in [-0.25, -0.2) is 0 Å². The summed E-state index contributed by atoms with van der Waals surface area (Å²) in [5.41, 5.74) is 0. The van der Waals surface area contributed by atoms with E-state index in [1.54, 1.807) is 7.11 Å². The van der Waals surface area contributed by atoms with Crippen LogP contribution in [-0.2, 0) is 32.9 Å². The van der Waals surface area contributed by atoms with Crippen molar-refractivity contribution in [3.05, 3.63) is 0 Å². The van der Waals surface area contributed by atoms with Gasteiger partial charge in [-0.05, 0) is 50.9 Å². The number of amides is 1. The van der Waals surface area contributed by atoms with E-state index in [2.05, 4.69) is 5.32 Å². The van der Waals surface area contributed by atoms with Gasteiger partial charge in [0.15, 0.2) is 0 Å². The van der Waals surface area contributed by atoms with Crippen molar-refractivity contribution >= 4 is 11.7 Å². The van der Waals surface area contributed by atoms with E-state index in [4.69, 9.17) is 9.84 Å². The number of ether oxygens (including phenoxy) is 1. The first-order valence-electron chi connectivity index (χ1n) is 10.9. The van der Waals surface area contributed by atoms with E-state index in [1.165, 1.54) is 32.1 Å². The van der Waals surface area contributed by atoms with E-state index in [0.717, 1.165) is 32.1 Å². The van der Waals surface area contributed by atoms with Crippen LogP contribution in [0.15, 0.2) is 0 Å². The van der Waals surface area contributed by atoms with Crippen LogP contribution in [0.1, 0.15) is 84.5 Å². The average molecular weight is 435 g/mol. The molecule has 0 unspecified atom stereocenters. The Morgan fingerprint density at radius 2 is 1.64 bits per heavy atom. The number of aliphatic hydroxyl groups is 1. The molecule has 1 amide bonds. The first-order valence-corrected chi connectivity index (χ1v) is 10.9. The number of hydrogen-bond donors (Lipinski definition) is 2. The number of Topliss-reactive ketones (excluding diaryl/α,β-unsaturated/α-hetero) is 1. The normalized spacial score (nSPS) is 22.6. The second-order valence-electron chi connectivity index (χ2n) is 8.46. The van der Waals surface area contributed by atoms with Gasteiger partial charge in [0.05, 0.1) is 0 Å². The van der Waals surface area contributed by atoms with Crippen LogP contribution in [0.5, 0.6) is 0 Å². The molecule has 1 radical (unpaired) electrons. The molecule has 0 aliphatic heterocycles. The zero-order valence-corrected chi connectivity index (χ0v) is 19.5. The predicted octanol–water partition coefficient (Wildman–Crippen LogP) is 3.87. The molecule has 0 aromatic heterocycles. The number of methoxy groups -OCH3 is 1. The summed E-state index contributed by atoms with van der Waals surface area (Å²) >= 11 is 0. The number of aliphatic hydroxyl groups excluding tert-OH is 1. The Balaban J connectivity index is 0.000000678. The van der Waals surface area contributed by atoms with Gasteiger partial charge in [0, 0.05) is 63.2 Å². The molecule has 5 nitrogen and oxygen atoms in total. The third-order valence-electron chi connectivity index (χ3n) is 5.80. The zero-order valence-electron chi connectivity index (χ0n) is 18.1. The molecule has 2 fully saturated rings. The summed E-state index contributed by atoms with van der Waals surface area (Å²) < 4.78 is 4.93. The molecule has 2 rings (SSSR count). The summed E-state index contributed by atoms with van der Waals surface area (Å²) in [6, 6.07) is 0.256. The minimum absolute atomic E-state index is 0. The number of ketones is 1. The molecule has 6 heteroatoms. The molecule has 0 aromatic carbocycles. The third kappa shape index (κ3) is 11.6. The molecular weight excluding hydrogens is 393 g/mol. The molecule has 0 aromatic rings. The molecule has 0 bridgehead atoms. The molecule has 0 heterocycles. The van der Waals surface area contributed by atoms with Crippen LogP contribution >= 0.6 is 0 Å². The fourth-order valence-electron chi connectivity index (χ4n) is 4.04. The Kier molecular flexibility index (Phi) is 16.2. The number of hydrogen-bond acceptors (Lipinski definition) is 4. The van der Waals surface area contributed by atoms with Gasteiger partial charge in [0.25, 0.3) is 0 Å². The van der Waals surface area contributed by atoms with Crippen molar-refractivity contribution < 1.29 is 38.0 Å². The molecular formula is C22H41NO4V. The first-order chi connectivity index (χ1) is 13.0. The predicted molar refractivity (Wildman–Crippen MR) is 109 cm³/mol. The summed E-state index contributed by atoms with van der Waals surface area (Å²) in [6.07, 6.45) is 11.6. The molecule has 2 N–H and O–H groups in total. The second kappa shape index (κ2) is 16.4. The molecule has 0 spiro atoms. The van der Waals surface area contributed by atoms with Gasteiger partial charge in [-0.15, -0.1) is 0 Å². The third-order valence-corrected chi connectivity index (χ3v) is 5.80. The standard InChI is InChI=1S/C15H27NO3.C7H14O.V/c1-11(2)15(18)12-6-8-13(9-7-12)16-14(17)5-4-10-19-3;8-6-7-4-2-1-3-5-7;/h11-13H,4-10H2,1-3H3,(H,16,17);7-8H,1-6H2;. The zero-order chi connectivity index (χ0) is 20.1. The van der Waals surface area contributed by atoms with E-state index in [1.807, 2.05) is 13.8 Å². The summed E-state index contributed by atoms with van der Waals surface area (Å²) in [7, 11) is 1.64. The molecule has 2 aliphatic carbocycles. The molecule has 0 atom stereocenters. The van der Waals surface area contributed by atoms with Gasteiger partial charge in [-0.1, -0.05) is 33.1 Å². The number of nitrogens with one attached hydrogen (secondary N) is 1. The molecule has 2 saturated carbocycles. The fourth-order valence-corrected chi connectivity index (χ4v) is 4.04. The van der Waals surface area contributed by atoms with Crippen molar-refractivity contribution in [1.82, 2.24) is 5.32 Å². The van der Waals surface area contributed by atoms with E-state index in [9.17, 15) is 9.59 Å². The van der Waals surface area contributed by atoms with Crippen molar-refractivity contribution in [1.29, 1.82) is 0 Å². The van der Waals surface area contributed by atoms with Gasteiger partial charge in [0.2, 0.25) is 5.91 Å². The van der Waals surface area contributed by atoms with Crippen LogP contribution < -0.4 is 5.32 Å². The van der Waals surface area contributed by atoms with Crippen molar-refractivity contribution in [2.75, 3.05) is 20.3 Å². The summed E-state index contributed by atoms with van der Waals surface area (Å²) in [4.78, 5) is 23.6. The number of rotatable bonds is 8. The van der Waals surface area contributed by atoms with E-state index < -0.39 is 0 Å². The van der Waals surface area contributed by atoms with Gasteiger partial charge < -0.3 is 15.2 Å².